The quantitative estimate of drug-likeness (QED) is 0.834. The molecule has 0 atom stereocenters. The van der Waals surface area contributed by atoms with E-state index in [1.165, 1.54) is 0 Å². The van der Waals surface area contributed by atoms with Gasteiger partial charge in [0.1, 0.15) is 5.69 Å². The molecule has 19 heavy (non-hydrogen) atoms. The first-order chi connectivity index (χ1) is 9.02. The van der Waals surface area contributed by atoms with Crippen LogP contribution in [0.1, 0.15) is 21.9 Å². The van der Waals surface area contributed by atoms with Gasteiger partial charge in [-0.3, -0.25) is 9.48 Å². The summed E-state index contributed by atoms with van der Waals surface area (Å²) in [6.45, 7) is 3.08. The number of aromatic nitrogens is 4. The highest BCUT2D eigenvalue weighted by atomic mass is 79.9. The van der Waals surface area contributed by atoms with Gasteiger partial charge in [0.2, 0.25) is 0 Å². The van der Waals surface area contributed by atoms with Crippen LogP contribution in [0, 0.1) is 6.92 Å². The number of Topliss-reactive ketones (excluding diaryl/α,β-unsaturated/α-hetero) is 1. The van der Waals surface area contributed by atoms with Gasteiger partial charge in [-0.05, 0) is 22.9 Å². The Balaban J connectivity index is 2.16. The number of carbonyl (C=O) groups is 1. The van der Waals surface area contributed by atoms with Gasteiger partial charge in [0.05, 0.1) is 28.6 Å². The number of nitrogens with zero attached hydrogens (tertiary/aromatic N) is 4. The summed E-state index contributed by atoms with van der Waals surface area (Å²) in [5.74, 6) is -0.0283. The Kier molecular flexibility index (Phi) is 4.16. The number of nitrogens with two attached hydrogens (primary N) is 1. The van der Waals surface area contributed by atoms with Crippen LogP contribution < -0.4 is 5.73 Å². The summed E-state index contributed by atoms with van der Waals surface area (Å²) in [7, 11) is 1.83. The van der Waals surface area contributed by atoms with Crippen LogP contribution >= 0.6 is 15.9 Å². The molecule has 0 saturated heterocycles. The molecule has 2 rings (SSSR count). The lowest BCUT2D eigenvalue weighted by molar-refractivity contribution is 0.0986. The third-order valence-corrected chi connectivity index (χ3v) is 3.93. The number of carbonyl (C=O) groups excluding carboxylic acids is 1. The maximum Gasteiger partial charge on any atom is 0.188 e. The first kappa shape index (κ1) is 14.0. The maximum atomic E-state index is 12.2. The number of halogens is 1. The Morgan fingerprint density at radius 3 is 2.84 bits per heavy atom. The van der Waals surface area contributed by atoms with Crippen LogP contribution in [0.25, 0.3) is 0 Å². The van der Waals surface area contributed by atoms with Gasteiger partial charge in [-0.1, -0.05) is 0 Å². The molecular weight excluding hydrogens is 310 g/mol. The van der Waals surface area contributed by atoms with Crippen molar-refractivity contribution < 1.29 is 4.79 Å². The molecule has 6 nitrogen and oxygen atoms in total. The second kappa shape index (κ2) is 5.66. The van der Waals surface area contributed by atoms with Gasteiger partial charge in [-0.25, -0.2) is 4.98 Å². The molecule has 2 N–H and O–H groups in total. The highest BCUT2D eigenvalue weighted by Gasteiger charge is 2.17. The van der Waals surface area contributed by atoms with E-state index in [0.717, 1.165) is 15.9 Å². The number of hydrogen-bond acceptors (Lipinski definition) is 4. The number of rotatable bonds is 5. The van der Waals surface area contributed by atoms with Crippen molar-refractivity contribution in [3.63, 3.8) is 0 Å². The van der Waals surface area contributed by atoms with Gasteiger partial charge in [0.25, 0.3) is 0 Å². The minimum Gasteiger partial charge on any atom is -0.335 e. The molecule has 0 fully saturated rings. The molecule has 2 heterocycles. The van der Waals surface area contributed by atoms with E-state index in [0.29, 0.717) is 18.8 Å². The van der Waals surface area contributed by atoms with Gasteiger partial charge in [0.15, 0.2) is 5.78 Å². The van der Waals surface area contributed by atoms with Crippen molar-refractivity contribution in [2.24, 2.45) is 12.8 Å². The predicted molar refractivity (Wildman–Crippen MR) is 75.0 cm³/mol. The first-order valence-corrected chi connectivity index (χ1v) is 6.75. The van der Waals surface area contributed by atoms with Crippen molar-refractivity contribution in [1.82, 2.24) is 19.3 Å². The summed E-state index contributed by atoms with van der Waals surface area (Å²) in [6.07, 6.45) is 3.63. The van der Waals surface area contributed by atoms with Crippen molar-refractivity contribution >= 4 is 21.7 Å². The zero-order valence-electron chi connectivity index (χ0n) is 10.9. The van der Waals surface area contributed by atoms with Crippen molar-refractivity contribution in [2.75, 3.05) is 6.54 Å². The lowest BCUT2D eigenvalue weighted by Crippen LogP contribution is -2.10. The van der Waals surface area contributed by atoms with E-state index in [9.17, 15) is 4.79 Å². The molecule has 0 spiro atoms. The summed E-state index contributed by atoms with van der Waals surface area (Å²) in [4.78, 5) is 16.3. The van der Waals surface area contributed by atoms with Crippen molar-refractivity contribution in [3.05, 3.63) is 34.1 Å². The van der Waals surface area contributed by atoms with E-state index in [2.05, 4.69) is 26.0 Å². The molecular formula is C12H16BrN5O. The van der Waals surface area contributed by atoms with Crippen LogP contribution in [0.5, 0.6) is 0 Å². The molecule has 7 heteroatoms. The number of imidazole rings is 1. The summed E-state index contributed by atoms with van der Waals surface area (Å²) >= 11 is 3.45. The van der Waals surface area contributed by atoms with Crippen LogP contribution in [0.3, 0.4) is 0 Å². The highest BCUT2D eigenvalue weighted by molar-refractivity contribution is 9.10. The van der Waals surface area contributed by atoms with E-state index >= 15 is 0 Å². The SMILES string of the molecule is Cc1nn(C)c(CC(=O)c2cn(CCN)cn2)c1Br. The Hall–Kier alpha value is -1.47. The van der Waals surface area contributed by atoms with Crippen LogP contribution in [0.15, 0.2) is 17.0 Å². The Labute approximate surface area is 119 Å². The van der Waals surface area contributed by atoms with E-state index in [1.54, 1.807) is 17.2 Å². The standard InChI is InChI=1S/C12H16BrN5O/c1-8-12(13)10(17(2)16-8)5-11(19)9-6-18(4-3-14)7-15-9/h6-7H,3-5,14H2,1-2H3. The molecule has 0 aliphatic heterocycles. The highest BCUT2D eigenvalue weighted by Crippen LogP contribution is 2.21. The molecule has 0 unspecified atom stereocenters. The van der Waals surface area contributed by atoms with E-state index < -0.39 is 0 Å². The van der Waals surface area contributed by atoms with E-state index in [-0.39, 0.29) is 12.2 Å². The largest absolute Gasteiger partial charge is 0.335 e. The van der Waals surface area contributed by atoms with Gasteiger partial charge in [0, 0.05) is 26.3 Å². The summed E-state index contributed by atoms with van der Waals surface area (Å²) in [6, 6.07) is 0. The van der Waals surface area contributed by atoms with Crippen LogP contribution in [0.2, 0.25) is 0 Å². The van der Waals surface area contributed by atoms with Crippen molar-refractivity contribution in [1.29, 1.82) is 0 Å². The third kappa shape index (κ3) is 2.93. The molecule has 0 bridgehead atoms. The maximum absolute atomic E-state index is 12.2. The van der Waals surface area contributed by atoms with E-state index in [1.807, 2.05) is 18.5 Å². The third-order valence-electron chi connectivity index (χ3n) is 2.90. The van der Waals surface area contributed by atoms with Gasteiger partial charge in [-0.15, -0.1) is 0 Å². The van der Waals surface area contributed by atoms with Crippen molar-refractivity contribution in [3.8, 4) is 0 Å². The van der Waals surface area contributed by atoms with Crippen LogP contribution in [0.4, 0.5) is 0 Å². The zero-order chi connectivity index (χ0) is 14.0. The average Bonchev–Trinajstić information content (AvgIpc) is 2.91. The smallest absolute Gasteiger partial charge is 0.188 e. The Morgan fingerprint density at radius 1 is 1.53 bits per heavy atom. The van der Waals surface area contributed by atoms with Crippen molar-refractivity contribution in [2.45, 2.75) is 19.9 Å². The number of hydrogen-bond donors (Lipinski definition) is 1. The topological polar surface area (TPSA) is 78.7 Å². The van der Waals surface area contributed by atoms with Crippen LogP contribution in [-0.2, 0) is 20.0 Å². The molecule has 0 amide bonds. The average molecular weight is 326 g/mol. The zero-order valence-corrected chi connectivity index (χ0v) is 12.5. The molecule has 0 aliphatic carbocycles. The monoisotopic (exact) mass is 325 g/mol. The lowest BCUT2D eigenvalue weighted by Gasteiger charge is -2.01. The minimum atomic E-state index is -0.0283. The van der Waals surface area contributed by atoms with E-state index in [4.69, 9.17) is 5.73 Å². The predicted octanol–water partition coefficient (Wildman–Crippen LogP) is 1.07. The fourth-order valence-electron chi connectivity index (χ4n) is 1.89. The fourth-order valence-corrected chi connectivity index (χ4v) is 2.37. The molecule has 102 valence electrons. The second-order valence-electron chi connectivity index (χ2n) is 4.36. The summed E-state index contributed by atoms with van der Waals surface area (Å²) in [5, 5.41) is 4.27. The molecule has 0 aromatic carbocycles. The molecule has 0 radical (unpaired) electrons. The van der Waals surface area contributed by atoms with Gasteiger partial charge >= 0.3 is 0 Å². The summed E-state index contributed by atoms with van der Waals surface area (Å²) in [5.41, 5.74) is 7.65. The molecule has 0 aliphatic rings. The summed E-state index contributed by atoms with van der Waals surface area (Å²) < 4.78 is 4.41. The van der Waals surface area contributed by atoms with Gasteiger partial charge < -0.3 is 10.3 Å². The molecule has 0 saturated carbocycles. The van der Waals surface area contributed by atoms with Crippen LogP contribution in [-0.4, -0.2) is 31.7 Å². The number of ketones is 1. The Bertz CT molecular complexity index is 601. The van der Waals surface area contributed by atoms with Gasteiger partial charge in [-0.2, -0.15) is 5.10 Å². The fraction of sp³-hybridized carbons (Fsp3) is 0.417. The molecule has 2 aromatic heterocycles. The second-order valence-corrected chi connectivity index (χ2v) is 5.15. The molecule has 2 aromatic rings. The Morgan fingerprint density at radius 2 is 2.26 bits per heavy atom. The first-order valence-electron chi connectivity index (χ1n) is 5.96. The lowest BCUT2D eigenvalue weighted by atomic mass is 10.1. The normalized spacial score (nSPS) is 10.9. The number of aryl methyl sites for hydroxylation is 2. The minimum absolute atomic E-state index is 0.0283.